The van der Waals surface area contributed by atoms with Crippen LogP contribution in [0.15, 0.2) is 24.3 Å². The quantitative estimate of drug-likeness (QED) is 0.830. The second-order valence-corrected chi connectivity index (χ2v) is 6.28. The Bertz CT molecular complexity index is 656. The lowest BCUT2D eigenvalue weighted by molar-refractivity contribution is -0.148. The van der Waals surface area contributed by atoms with Gasteiger partial charge in [-0.05, 0) is 49.3 Å². The summed E-state index contributed by atoms with van der Waals surface area (Å²) in [7, 11) is 1.29. The van der Waals surface area contributed by atoms with Crippen molar-refractivity contribution in [1.29, 1.82) is 0 Å². The van der Waals surface area contributed by atoms with Crippen molar-refractivity contribution in [2.75, 3.05) is 12.4 Å². The molecule has 0 unspecified atom stereocenters. The number of fused-ring (bicyclic) bond motifs is 2. The molecule has 6 nitrogen and oxygen atoms in total. The number of amides is 1. The zero-order valence-electron chi connectivity index (χ0n) is 12.8. The molecule has 0 aliphatic heterocycles. The van der Waals surface area contributed by atoms with Gasteiger partial charge in [-0.25, -0.2) is 4.79 Å². The maximum atomic E-state index is 12.6. The number of rotatable bonds is 4. The Morgan fingerprint density at radius 2 is 1.87 bits per heavy atom. The van der Waals surface area contributed by atoms with E-state index in [0.29, 0.717) is 11.3 Å². The molecule has 2 aliphatic carbocycles. The van der Waals surface area contributed by atoms with Crippen molar-refractivity contribution in [3.8, 4) is 0 Å². The molecule has 6 heteroatoms. The number of carboxylic acids is 1. The summed E-state index contributed by atoms with van der Waals surface area (Å²) in [6, 6.07) is 6.45. The summed E-state index contributed by atoms with van der Waals surface area (Å²) >= 11 is 0. The van der Waals surface area contributed by atoms with Crippen LogP contribution in [0.25, 0.3) is 0 Å². The van der Waals surface area contributed by atoms with E-state index in [1.54, 1.807) is 18.2 Å². The zero-order chi connectivity index (χ0) is 16.6. The number of aliphatic carboxylic acids is 1. The normalized spacial score (nSPS) is 28.4. The molecule has 2 fully saturated rings. The van der Waals surface area contributed by atoms with Gasteiger partial charge in [-0.3, -0.25) is 9.59 Å². The van der Waals surface area contributed by atoms with E-state index in [0.717, 1.165) is 19.3 Å². The molecule has 0 saturated heterocycles. The van der Waals surface area contributed by atoms with Gasteiger partial charge in [0.05, 0.1) is 24.5 Å². The van der Waals surface area contributed by atoms with Crippen LogP contribution in [0.5, 0.6) is 0 Å². The minimum Gasteiger partial charge on any atom is -0.481 e. The Morgan fingerprint density at radius 3 is 2.52 bits per heavy atom. The molecular weight excluding hydrogens is 298 g/mol. The minimum absolute atomic E-state index is 0.106. The van der Waals surface area contributed by atoms with Gasteiger partial charge in [0.25, 0.3) is 0 Å². The molecule has 1 amide bonds. The Morgan fingerprint density at radius 1 is 1.17 bits per heavy atom. The highest BCUT2D eigenvalue weighted by atomic mass is 16.5. The second-order valence-electron chi connectivity index (χ2n) is 6.28. The van der Waals surface area contributed by atoms with Gasteiger partial charge < -0.3 is 15.2 Å². The molecular formula is C17H19NO5. The predicted molar refractivity (Wildman–Crippen MR) is 81.9 cm³/mol. The molecule has 1 aromatic carbocycles. The molecule has 3 rings (SSSR count). The van der Waals surface area contributed by atoms with E-state index in [1.807, 2.05) is 0 Å². The SMILES string of the molecule is COC(=O)c1cccc(NC(=O)[C@@H]2[C@H]3CC[C@@H](C3)[C@@H]2C(=O)O)c1. The number of carbonyl (C=O) groups is 3. The fraction of sp³-hybridized carbons (Fsp3) is 0.471. The van der Waals surface area contributed by atoms with E-state index in [2.05, 4.69) is 10.1 Å². The fourth-order valence-electron chi connectivity index (χ4n) is 4.09. The first-order valence-electron chi connectivity index (χ1n) is 7.73. The summed E-state index contributed by atoms with van der Waals surface area (Å²) in [5, 5.41) is 12.2. The number of anilines is 1. The number of nitrogens with one attached hydrogen (secondary N) is 1. The highest BCUT2D eigenvalue weighted by molar-refractivity contribution is 5.97. The number of carbonyl (C=O) groups excluding carboxylic acids is 2. The molecule has 2 aliphatic rings. The van der Waals surface area contributed by atoms with Crippen molar-refractivity contribution in [2.45, 2.75) is 19.3 Å². The predicted octanol–water partition coefficient (Wildman–Crippen LogP) is 2.16. The highest BCUT2D eigenvalue weighted by Gasteiger charge is 2.53. The summed E-state index contributed by atoms with van der Waals surface area (Å²) in [4.78, 5) is 35.6. The van der Waals surface area contributed by atoms with Crippen LogP contribution in [0.2, 0.25) is 0 Å². The molecule has 2 saturated carbocycles. The van der Waals surface area contributed by atoms with Crippen molar-refractivity contribution in [2.24, 2.45) is 23.7 Å². The lowest BCUT2D eigenvalue weighted by Gasteiger charge is -2.27. The summed E-state index contributed by atoms with van der Waals surface area (Å²) in [5.74, 6) is -2.48. The molecule has 4 atom stereocenters. The van der Waals surface area contributed by atoms with Gasteiger partial charge in [0.1, 0.15) is 0 Å². The van der Waals surface area contributed by atoms with E-state index in [1.165, 1.54) is 13.2 Å². The average molecular weight is 317 g/mol. The highest BCUT2D eigenvalue weighted by Crippen LogP contribution is 2.52. The minimum atomic E-state index is -0.888. The van der Waals surface area contributed by atoms with E-state index in [9.17, 15) is 19.5 Å². The second kappa shape index (κ2) is 6.02. The van der Waals surface area contributed by atoms with Gasteiger partial charge >= 0.3 is 11.9 Å². The first-order chi connectivity index (χ1) is 11.0. The third kappa shape index (κ3) is 2.81. The van der Waals surface area contributed by atoms with Crippen LogP contribution in [0.1, 0.15) is 29.6 Å². The number of methoxy groups -OCH3 is 1. The Kier molecular flexibility index (Phi) is 4.07. The monoisotopic (exact) mass is 317 g/mol. The lowest BCUT2D eigenvalue weighted by Crippen LogP contribution is -2.37. The van der Waals surface area contributed by atoms with Crippen molar-refractivity contribution < 1.29 is 24.2 Å². The van der Waals surface area contributed by atoms with Crippen molar-refractivity contribution in [3.63, 3.8) is 0 Å². The van der Waals surface area contributed by atoms with E-state index >= 15 is 0 Å². The summed E-state index contributed by atoms with van der Waals surface area (Å²) in [6.45, 7) is 0. The van der Waals surface area contributed by atoms with E-state index in [4.69, 9.17) is 0 Å². The molecule has 1 aromatic rings. The Hall–Kier alpha value is -2.37. The topological polar surface area (TPSA) is 92.7 Å². The fourth-order valence-corrected chi connectivity index (χ4v) is 4.09. The van der Waals surface area contributed by atoms with Crippen molar-refractivity contribution in [3.05, 3.63) is 29.8 Å². The van der Waals surface area contributed by atoms with Gasteiger partial charge in [-0.1, -0.05) is 6.07 Å². The number of ether oxygens (including phenoxy) is 1. The Labute approximate surface area is 133 Å². The van der Waals surface area contributed by atoms with Crippen LogP contribution in [0, 0.1) is 23.7 Å². The number of benzene rings is 1. The van der Waals surface area contributed by atoms with Crippen molar-refractivity contribution in [1.82, 2.24) is 0 Å². The van der Waals surface area contributed by atoms with Crippen LogP contribution in [-0.2, 0) is 14.3 Å². The third-order valence-corrected chi connectivity index (χ3v) is 5.06. The van der Waals surface area contributed by atoms with E-state index < -0.39 is 23.8 Å². The third-order valence-electron chi connectivity index (χ3n) is 5.06. The standard InChI is InChI=1S/C17H19NO5/c1-23-17(22)11-3-2-4-12(8-11)18-15(19)13-9-5-6-10(7-9)14(13)16(20)21/h2-4,8-10,13-14H,5-7H2,1H3,(H,18,19)(H,20,21)/t9-,10-,13+,14-/m0/s1. The van der Waals surface area contributed by atoms with Crippen molar-refractivity contribution >= 4 is 23.5 Å². The first-order valence-corrected chi connectivity index (χ1v) is 7.73. The smallest absolute Gasteiger partial charge is 0.337 e. The van der Waals surface area contributed by atoms with Crippen LogP contribution in [0.3, 0.4) is 0 Å². The summed E-state index contributed by atoms with van der Waals surface area (Å²) in [6.07, 6.45) is 2.62. The molecule has 0 radical (unpaired) electrons. The number of esters is 1. The summed E-state index contributed by atoms with van der Waals surface area (Å²) < 4.78 is 4.66. The van der Waals surface area contributed by atoms with Crippen LogP contribution in [0.4, 0.5) is 5.69 Å². The summed E-state index contributed by atoms with van der Waals surface area (Å²) in [5.41, 5.74) is 0.817. The molecule has 2 N–H and O–H groups in total. The Balaban J connectivity index is 1.77. The largest absolute Gasteiger partial charge is 0.481 e. The van der Waals surface area contributed by atoms with Crippen LogP contribution >= 0.6 is 0 Å². The number of hydrogen-bond acceptors (Lipinski definition) is 4. The average Bonchev–Trinajstić information content (AvgIpc) is 3.15. The first kappa shape index (κ1) is 15.5. The lowest BCUT2D eigenvalue weighted by atomic mass is 9.78. The number of carboxylic acid groups (broad SMARTS) is 1. The van der Waals surface area contributed by atoms with Gasteiger partial charge in [0, 0.05) is 5.69 Å². The molecule has 0 aromatic heterocycles. The van der Waals surface area contributed by atoms with Crippen LogP contribution < -0.4 is 5.32 Å². The maximum Gasteiger partial charge on any atom is 0.337 e. The van der Waals surface area contributed by atoms with Gasteiger partial charge in [-0.15, -0.1) is 0 Å². The molecule has 0 spiro atoms. The maximum absolute atomic E-state index is 12.6. The molecule has 0 heterocycles. The zero-order valence-corrected chi connectivity index (χ0v) is 12.8. The molecule has 2 bridgehead atoms. The van der Waals surface area contributed by atoms with Gasteiger partial charge in [0.2, 0.25) is 5.91 Å². The van der Waals surface area contributed by atoms with Crippen LogP contribution in [-0.4, -0.2) is 30.1 Å². The number of hydrogen-bond donors (Lipinski definition) is 2. The molecule has 23 heavy (non-hydrogen) atoms. The van der Waals surface area contributed by atoms with E-state index in [-0.39, 0.29) is 17.7 Å². The molecule has 122 valence electrons. The van der Waals surface area contributed by atoms with Gasteiger partial charge in [-0.2, -0.15) is 0 Å². The van der Waals surface area contributed by atoms with Gasteiger partial charge in [0.15, 0.2) is 0 Å².